The van der Waals surface area contributed by atoms with Crippen LogP contribution >= 0.6 is 11.3 Å². The highest BCUT2D eigenvalue weighted by atomic mass is 32.1. The first-order valence-electron chi connectivity index (χ1n) is 3.63. The van der Waals surface area contributed by atoms with E-state index in [9.17, 15) is 14.9 Å². The molecule has 0 aliphatic carbocycles. The first-order valence-corrected chi connectivity index (χ1v) is 4.51. The lowest BCUT2D eigenvalue weighted by Gasteiger charge is -1.99. The molecule has 0 saturated carbocycles. The molecule has 1 rings (SSSR count). The molecular weight excluding hydrogens is 208 g/mol. The number of rotatable bonds is 3. The minimum Gasteiger partial charge on any atom is -0.465 e. The number of carbonyl (C=O) groups is 1. The number of methoxy groups -OCH3 is 1. The highest BCUT2D eigenvalue weighted by Crippen LogP contribution is 2.34. The molecule has 7 heteroatoms. The van der Waals surface area contributed by atoms with E-state index < -0.39 is 10.9 Å². The van der Waals surface area contributed by atoms with E-state index in [4.69, 9.17) is 0 Å². The molecule has 0 spiro atoms. The molecule has 0 saturated heterocycles. The standard InChI is InChI=1S/C7H8N2O4S/c1-8-5-4(9(11)12)3-14-6(5)7(10)13-2/h3,8H,1-2H3. The third-order valence-corrected chi connectivity index (χ3v) is 2.54. The lowest BCUT2D eigenvalue weighted by atomic mass is 10.3. The van der Waals surface area contributed by atoms with Gasteiger partial charge in [-0.2, -0.15) is 0 Å². The lowest BCUT2D eigenvalue weighted by Crippen LogP contribution is -2.03. The van der Waals surface area contributed by atoms with Crippen LogP contribution in [0.3, 0.4) is 0 Å². The summed E-state index contributed by atoms with van der Waals surface area (Å²) < 4.78 is 4.48. The van der Waals surface area contributed by atoms with E-state index in [0.717, 1.165) is 11.3 Å². The summed E-state index contributed by atoms with van der Waals surface area (Å²) in [6, 6.07) is 0. The van der Waals surface area contributed by atoms with Crippen LogP contribution in [0.25, 0.3) is 0 Å². The Bertz CT molecular complexity index is 374. The van der Waals surface area contributed by atoms with E-state index in [1.165, 1.54) is 19.5 Å². The smallest absolute Gasteiger partial charge is 0.350 e. The van der Waals surface area contributed by atoms with Crippen LogP contribution in [-0.4, -0.2) is 25.1 Å². The molecule has 1 aromatic heterocycles. The number of nitro groups is 1. The Morgan fingerprint density at radius 3 is 2.79 bits per heavy atom. The summed E-state index contributed by atoms with van der Waals surface area (Å²) in [5, 5.41) is 14.4. The predicted octanol–water partition coefficient (Wildman–Crippen LogP) is 1.48. The number of ether oxygens (including phenoxy) is 1. The zero-order valence-electron chi connectivity index (χ0n) is 7.57. The fourth-order valence-electron chi connectivity index (χ4n) is 0.968. The van der Waals surface area contributed by atoms with Crippen LogP contribution in [0.2, 0.25) is 0 Å². The number of thiophene rings is 1. The van der Waals surface area contributed by atoms with Crippen LogP contribution in [0, 0.1) is 10.1 Å². The number of nitrogens with one attached hydrogen (secondary N) is 1. The van der Waals surface area contributed by atoms with Crippen molar-refractivity contribution in [3.8, 4) is 0 Å². The summed E-state index contributed by atoms with van der Waals surface area (Å²) >= 11 is 0.983. The molecular formula is C7H8N2O4S. The minimum atomic E-state index is -0.576. The van der Waals surface area contributed by atoms with Gasteiger partial charge in [0.1, 0.15) is 10.6 Å². The van der Waals surface area contributed by atoms with E-state index >= 15 is 0 Å². The van der Waals surface area contributed by atoms with Crippen LogP contribution in [0.4, 0.5) is 11.4 Å². The predicted molar refractivity (Wildman–Crippen MR) is 51.9 cm³/mol. The van der Waals surface area contributed by atoms with Gasteiger partial charge in [-0.15, -0.1) is 11.3 Å². The van der Waals surface area contributed by atoms with Gasteiger partial charge < -0.3 is 10.1 Å². The van der Waals surface area contributed by atoms with E-state index in [2.05, 4.69) is 10.1 Å². The third-order valence-electron chi connectivity index (χ3n) is 1.59. The second-order valence-electron chi connectivity index (χ2n) is 2.32. The second kappa shape index (κ2) is 4.05. The first-order chi connectivity index (χ1) is 6.61. The Labute approximate surface area is 83.6 Å². The minimum absolute atomic E-state index is 0.113. The van der Waals surface area contributed by atoms with Gasteiger partial charge in [0.2, 0.25) is 0 Å². The normalized spacial score (nSPS) is 9.57. The molecule has 0 fully saturated rings. The number of hydrogen-bond acceptors (Lipinski definition) is 6. The van der Waals surface area contributed by atoms with Crippen molar-refractivity contribution in [3.05, 3.63) is 20.4 Å². The van der Waals surface area contributed by atoms with Gasteiger partial charge in [0, 0.05) is 7.05 Å². The van der Waals surface area contributed by atoms with Crippen LogP contribution in [0.1, 0.15) is 9.67 Å². The molecule has 14 heavy (non-hydrogen) atoms. The van der Waals surface area contributed by atoms with E-state index in [1.54, 1.807) is 0 Å². The van der Waals surface area contributed by atoms with Gasteiger partial charge in [-0.05, 0) is 0 Å². The Morgan fingerprint density at radius 2 is 2.36 bits per heavy atom. The van der Waals surface area contributed by atoms with Gasteiger partial charge in [-0.3, -0.25) is 10.1 Å². The van der Waals surface area contributed by atoms with Gasteiger partial charge in [-0.25, -0.2) is 4.79 Å². The van der Waals surface area contributed by atoms with Crippen molar-refractivity contribution >= 4 is 28.7 Å². The SMILES string of the molecule is CNc1c([N+](=O)[O-])csc1C(=O)OC. The van der Waals surface area contributed by atoms with Gasteiger partial charge in [0.25, 0.3) is 0 Å². The molecule has 0 aliphatic heterocycles. The molecule has 0 amide bonds. The molecule has 1 heterocycles. The Morgan fingerprint density at radius 1 is 1.71 bits per heavy atom. The average molecular weight is 216 g/mol. The fraction of sp³-hybridized carbons (Fsp3) is 0.286. The zero-order valence-corrected chi connectivity index (χ0v) is 8.38. The molecule has 0 bridgehead atoms. The maximum absolute atomic E-state index is 11.2. The van der Waals surface area contributed by atoms with Crippen LogP contribution in [-0.2, 0) is 4.74 Å². The number of hydrogen-bond donors (Lipinski definition) is 1. The van der Waals surface area contributed by atoms with Crippen LogP contribution in [0.5, 0.6) is 0 Å². The van der Waals surface area contributed by atoms with Gasteiger partial charge in [0.15, 0.2) is 0 Å². The maximum atomic E-state index is 11.2. The van der Waals surface area contributed by atoms with Crippen molar-refractivity contribution in [2.24, 2.45) is 0 Å². The summed E-state index contributed by atoms with van der Waals surface area (Å²) in [6.07, 6.45) is 0. The summed E-state index contributed by atoms with van der Waals surface area (Å²) in [4.78, 5) is 21.3. The molecule has 0 aromatic carbocycles. The molecule has 0 aliphatic rings. The number of esters is 1. The Hall–Kier alpha value is -1.63. The number of anilines is 1. The van der Waals surface area contributed by atoms with Gasteiger partial charge in [0.05, 0.1) is 17.4 Å². The fourth-order valence-corrected chi connectivity index (χ4v) is 1.91. The zero-order chi connectivity index (χ0) is 10.7. The van der Waals surface area contributed by atoms with Crippen molar-refractivity contribution in [1.29, 1.82) is 0 Å². The van der Waals surface area contributed by atoms with Gasteiger partial charge in [-0.1, -0.05) is 0 Å². The largest absolute Gasteiger partial charge is 0.465 e. The van der Waals surface area contributed by atoms with E-state index in [1.807, 2.05) is 0 Å². The third kappa shape index (κ3) is 1.67. The van der Waals surface area contributed by atoms with Gasteiger partial charge >= 0.3 is 11.7 Å². The van der Waals surface area contributed by atoms with E-state index in [0.29, 0.717) is 0 Å². The second-order valence-corrected chi connectivity index (χ2v) is 3.20. The number of carbonyl (C=O) groups excluding carboxylic acids is 1. The topological polar surface area (TPSA) is 81.5 Å². The molecule has 0 unspecified atom stereocenters. The Balaban J connectivity index is 3.20. The van der Waals surface area contributed by atoms with Crippen molar-refractivity contribution in [2.75, 3.05) is 19.5 Å². The van der Waals surface area contributed by atoms with Crippen molar-refractivity contribution < 1.29 is 14.5 Å². The molecule has 0 atom stereocenters. The molecule has 1 N–H and O–H groups in total. The quantitative estimate of drug-likeness (QED) is 0.470. The van der Waals surface area contributed by atoms with Crippen LogP contribution < -0.4 is 5.32 Å². The van der Waals surface area contributed by atoms with Crippen molar-refractivity contribution in [2.45, 2.75) is 0 Å². The summed E-state index contributed by atoms with van der Waals surface area (Å²) in [5.74, 6) is -0.576. The van der Waals surface area contributed by atoms with E-state index in [-0.39, 0.29) is 16.3 Å². The molecule has 0 radical (unpaired) electrons. The molecule has 1 aromatic rings. The van der Waals surface area contributed by atoms with Crippen molar-refractivity contribution in [3.63, 3.8) is 0 Å². The summed E-state index contributed by atoms with van der Waals surface area (Å²) in [6.45, 7) is 0. The first kappa shape index (κ1) is 10.5. The summed E-state index contributed by atoms with van der Waals surface area (Å²) in [5.41, 5.74) is 0.0877. The lowest BCUT2D eigenvalue weighted by molar-refractivity contribution is -0.383. The maximum Gasteiger partial charge on any atom is 0.350 e. The highest BCUT2D eigenvalue weighted by molar-refractivity contribution is 7.13. The monoisotopic (exact) mass is 216 g/mol. The van der Waals surface area contributed by atoms with Crippen molar-refractivity contribution in [1.82, 2.24) is 0 Å². The molecule has 76 valence electrons. The summed E-state index contributed by atoms with van der Waals surface area (Å²) in [7, 11) is 2.74. The average Bonchev–Trinajstić information content (AvgIpc) is 2.59. The molecule has 6 nitrogen and oxygen atoms in total. The Kier molecular flexibility index (Phi) is 3.03. The highest BCUT2D eigenvalue weighted by Gasteiger charge is 2.24. The number of nitrogens with zero attached hydrogens (tertiary/aromatic N) is 1. The van der Waals surface area contributed by atoms with Crippen LogP contribution in [0.15, 0.2) is 5.38 Å².